The molecule has 1 atom stereocenters. The van der Waals surface area contributed by atoms with Crippen LogP contribution in [0.3, 0.4) is 0 Å². The van der Waals surface area contributed by atoms with Gasteiger partial charge in [-0.05, 0) is 26.2 Å². The highest BCUT2D eigenvalue weighted by Gasteiger charge is 2.26. The van der Waals surface area contributed by atoms with Crippen LogP contribution in [-0.4, -0.2) is 27.0 Å². The SMILES string of the molecule is CC(N)CCNS(=O)(=O)NC1CC1. The number of nitrogens with one attached hydrogen (secondary N) is 2. The van der Waals surface area contributed by atoms with Crippen LogP contribution in [-0.2, 0) is 10.2 Å². The third-order valence-corrected chi connectivity index (χ3v) is 3.02. The molecule has 1 fully saturated rings. The maximum atomic E-state index is 11.2. The van der Waals surface area contributed by atoms with Gasteiger partial charge in [-0.2, -0.15) is 13.1 Å². The molecule has 4 N–H and O–H groups in total. The van der Waals surface area contributed by atoms with E-state index >= 15 is 0 Å². The van der Waals surface area contributed by atoms with Crippen LogP contribution in [0, 0.1) is 0 Å². The summed E-state index contributed by atoms with van der Waals surface area (Å²) in [4.78, 5) is 0. The van der Waals surface area contributed by atoms with Crippen LogP contribution in [0.4, 0.5) is 0 Å². The van der Waals surface area contributed by atoms with Crippen molar-refractivity contribution in [2.45, 2.75) is 38.3 Å². The molecule has 0 saturated heterocycles. The number of nitrogens with two attached hydrogens (primary N) is 1. The van der Waals surface area contributed by atoms with Gasteiger partial charge in [0.1, 0.15) is 0 Å². The highest BCUT2D eigenvalue weighted by atomic mass is 32.2. The van der Waals surface area contributed by atoms with Gasteiger partial charge in [0, 0.05) is 18.6 Å². The molecule has 0 aliphatic heterocycles. The fourth-order valence-electron chi connectivity index (χ4n) is 0.883. The van der Waals surface area contributed by atoms with Crippen LogP contribution in [0.2, 0.25) is 0 Å². The second kappa shape index (κ2) is 4.36. The van der Waals surface area contributed by atoms with Crippen molar-refractivity contribution in [2.75, 3.05) is 6.54 Å². The van der Waals surface area contributed by atoms with Crippen molar-refractivity contribution in [1.82, 2.24) is 9.44 Å². The van der Waals surface area contributed by atoms with Crippen LogP contribution < -0.4 is 15.2 Å². The summed E-state index contributed by atoms with van der Waals surface area (Å²) < 4.78 is 27.4. The first-order valence-electron chi connectivity index (χ1n) is 4.52. The monoisotopic (exact) mass is 207 g/mol. The van der Waals surface area contributed by atoms with E-state index in [1.165, 1.54) is 0 Å². The molecule has 1 aliphatic rings. The van der Waals surface area contributed by atoms with Crippen LogP contribution in [0.1, 0.15) is 26.2 Å². The summed E-state index contributed by atoms with van der Waals surface area (Å²) in [6, 6.07) is 0.191. The fourth-order valence-corrected chi connectivity index (χ4v) is 2.03. The van der Waals surface area contributed by atoms with Gasteiger partial charge in [0.15, 0.2) is 0 Å². The summed E-state index contributed by atoms with van der Waals surface area (Å²) in [6.45, 7) is 2.25. The summed E-state index contributed by atoms with van der Waals surface area (Å²) in [5.41, 5.74) is 5.48. The van der Waals surface area contributed by atoms with Crippen molar-refractivity contribution < 1.29 is 8.42 Å². The lowest BCUT2D eigenvalue weighted by molar-refractivity contribution is 0.557. The maximum Gasteiger partial charge on any atom is 0.277 e. The lowest BCUT2D eigenvalue weighted by Crippen LogP contribution is -2.39. The van der Waals surface area contributed by atoms with Gasteiger partial charge in [0.25, 0.3) is 10.2 Å². The molecule has 1 saturated carbocycles. The van der Waals surface area contributed by atoms with E-state index in [0.717, 1.165) is 12.8 Å². The van der Waals surface area contributed by atoms with Gasteiger partial charge in [-0.25, -0.2) is 4.72 Å². The quantitative estimate of drug-likeness (QED) is 0.539. The Morgan fingerprint density at radius 2 is 2.15 bits per heavy atom. The number of rotatable bonds is 6. The molecule has 78 valence electrons. The van der Waals surface area contributed by atoms with Crippen molar-refractivity contribution in [3.8, 4) is 0 Å². The average Bonchev–Trinajstić information content (AvgIpc) is 2.68. The van der Waals surface area contributed by atoms with Crippen molar-refractivity contribution in [1.29, 1.82) is 0 Å². The topological polar surface area (TPSA) is 84.2 Å². The number of hydrogen-bond acceptors (Lipinski definition) is 3. The molecule has 1 rings (SSSR count). The summed E-state index contributed by atoms with van der Waals surface area (Å²) >= 11 is 0. The van der Waals surface area contributed by atoms with Gasteiger partial charge in [0.2, 0.25) is 0 Å². The lowest BCUT2D eigenvalue weighted by atomic mass is 10.3. The molecule has 0 spiro atoms. The Labute approximate surface area is 79.3 Å². The van der Waals surface area contributed by atoms with Gasteiger partial charge < -0.3 is 5.73 Å². The van der Waals surface area contributed by atoms with Gasteiger partial charge in [-0.15, -0.1) is 0 Å². The van der Waals surface area contributed by atoms with Crippen molar-refractivity contribution in [2.24, 2.45) is 5.73 Å². The first kappa shape index (κ1) is 10.9. The second-order valence-electron chi connectivity index (χ2n) is 3.56. The van der Waals surface area contributed by atoms with Gasteiger partial charge >= 0.3 is 0 Å². The highest BCUT2D eigenvalue weighted by Crippen LogP contribution is 2.19. The van der Waals surface area contributed by atoms with Crippen molar-refractivity contribution >= 4 is 10.2 Å². The van der Waals surface area contributed by atoms with Crippen molar-refractivity contribution in [3.63, 3.8) is 0 Å². The molecule has 0 heterocycles. The van der Waals surface area contributed by atoms with E-state index in [4.69, 9.17) is 5.73 Å². The van der Waals surface area contributed by atoms with E-state index in [9.17, 15) is 8.42 Å². The van der Waals surface area contributed by atoms with E-state index in [1.54, 1.807) is 0 Å². The smallest absolute Gasteiger partial charge is 0.277 e. The Hall–Kier alpha value is -0.170. The minimum Gasteiger partial charge on any atom is -0.328 e. The minimum atomic E-state index is -3.27. The first-order valence-corrected chi connectivity index (χ1v) is 6.00. The normalized spacial score (nSPS) is 20.2. The summed E-state index contributed by atoms with van der Waals surface area (Å²) in [5.74, 6) is 0. The molecule has 0 aromatic carbocycles. The van der Waals surface area contributed by atoms with E-state index in [-0.39, 0.29) is 12.1 Å². The predicted molar refractivity (Wildman–Crippen MR) is 51.3 cm³/mol. The number of hydrogen-bond donors (Lipinski definition) is 3. The molecular formula is C7H17N3O2S. The second-order valence-corrected chi connectivity index (χ2v) is 5.09. The fraction of sp³-hybridized carbons (Fsp3) is 1.00. The molecule has 0 amide bonds. The molecule has 0 aromatic heterocycles. The van der Waals surface area contributed by atoms with Crippen LogP contribution in [0.25, 0.3) is 0 Å². The zero-order valence-electron chi connectivity index (χ0n) is 7.79. The maximum absolute atomic E-state index is 11.2. The van der Waals surface area contributed by atoms with E-state index in [1.807, 2.05) is 6.92 Å². The van der Waals surface area contributed by atoms with Crippen LogP contribution >= 0.6 is 0 Å². The zero-order chi connectivity index (χ0) is 9.90. The van der Waals surface area contributed by atoms with Crippen LogP contribution in [0.15, 0.2) is 0 Å². The Kier molecular flexibility index (Phi) is 3.66. The molecule has 0 aromatic rings. The lowest BCUT2D eigenvalue weighted by Gasteiger charge is -2.08. The first-order chi connectivity index (χ1) is 5.99. The minimum absolute atomic E-state index is 0.0311. The van der Waals surface area contributed by atoms with Gasteiger partial charge in [-0.3, -0.25) is 0 Å². The molecule has 6 heteroatoms. The molecule has 0 bridgehead atoms. The largest absolute Gasteiger partial charge is 0.328 e. The van der Waals surface area contributed by atoms with E-state index < -0.39 is 10.2 Å². The summed E-state index contributed by atoms with van der Waals surface area (Å²) in [7, 11) is -3.27. The Bertz CT molecular complexity index is 246. The highest BCUT2D eigenvalue weighted by molar-refractivity contribution is 7.87. The molecule has 1 aliphatic carbocycles. The van der Waals surface area contributed by atoms with Gasteiger partial charge in [-0.1, -0.05) is 0 Å². The Morgan fingerprint density at radius 1 is 1.54 bits per heavy atom. The third-order valence-electron chi connectivity index (χ3n) is 1.79. The molecule has 13 heavy (non-hydrogen) atoms. The average molecular weight is 207 g/mol. The van der Waals surface area contributed by atoms with Gasteiger partial charge in [0.05, 0.1) is 0 Å². The van der Waals surface area contributed by atoms with E-state index in [0.29, 0.717) is 13.0 Å². The summed E-state index contributed by atoms with van der Waals surface area (Å²) in [6.07, 6.45) is 2.56. The predicted octanol–water partition coefficient (Wildman–Crippen LogP) is -0.690. The zero-order valence-corrected chi connectivity index (χ0v) is 8.60. The molecule has 1 unspecified atom stereocenters. The Morgan fingerprint density at radius 3 is 2.62 bits per heavy atom. The summed E-state index contributed by atoms with van der Waals surface area (Å²) in [5, 5.41) is 0. The third kappa shape index (κ3) is 5.20. The standard InChI is InChI=1S/C7H17N3O2S/c1-6(8)4-5-9-13(11,12)10-7-2-3-7/h6-7,9-10H,2-5,8H2,1H3. The molecular weight excluding hydrogens is 190 g/mol. The van der Waals surface area contributed by atoms with Crippen LogP contribution in [0.5, 0.6) is 0 Å². The van der Waals surface area contributed by atoms with E-state index in [2.05, 4.69) is 9.44 Å². The molecule has 5 nitrogen and oxygen atoms in total. The molecule has 0 radical (unpaired) electrons. The van der Waals surface area contributed by atoms with Crippen molar-refractivity contribution in [3.05, 3.63) is 0 Å². The Balaban J connectivity index is 2.17.